The van der Waals surface area contributed by atoms with E-state index in [4.69, 9.17) is 14.0 Å². The van der Waals surface area contributed by atoms with Gasteiger partial charge in [-0.25, -0.2) is 0 Å². The van der Waals surface area contributed by atoms with Gasteiger partial charge in [0.2, 0.25) is 5.78 Å². The molecule has 1 aromatic carbocycles. The summed E-state index contributed by atoms with van der Waals surface area (Å²) in [6.45, 7) is 0.410. The fourth-order valence-corrected chi connectivity index (χ4v) is 1.63. The molecule has 0 unspecified atom stereocenters. The Balaban J connectivity index is 1.74. The molecular weight excluding hydrogens is 222 g/mol. The van der Waals surface area contributed by atoms with Gasteiger partial charge in [-0.2, -0.15) is 0 Å². The van der Waals surface area contributed by atoms with Crippen molar-refractivity contribution in [3.63, 3.8) is 0 Å². The number of nitrogens with zero attached hydrogens (tertiary/aromatic N) is 1. The van der Waals surface area contributed by atoms with Crippen LogP contribution in [0.25, 0.3) is 0 Å². The topological polar surface area (TPSA) is 61.6 Å². The third-order valence-corrected chi connectivity index (χ3v) is 2.48. The second-order valence-electron chi connectivity index (χ2n) is 3.64. The Bertz CT molecular complexity index is 548. The molecule has 3 rings (SSSR count). The predicted octanol–water partition coefficient (Wildman–Crippen LogP) is 1.83. The number of fused-ring (bicyclic) bond motifs is 1. The molecular formula is C12H9NO4. The van der Waals surface area contributed by atoms with Crippen LogP contribution in [0, 0.1) is 0 Å². The van der Waals surface area contributed by atoms with Crippen molar-refractivity contribution >= 4 is 5.78 Å². The first-order chi connectivity index (χ1) is 8.33. The number of aromatic nitrogens is 1. The summed E-state index contributed by atoms with van der Waals surface area (Å²) in [6.07, 6.45) is 1.56. The molecule has 0 bridgehead atoms. The van der Waals surface area contributed by atoms with Crippen LogP contribution in [-0.4, -0.2) is 17.5 Å². The van der Waals surface area contributed by atoms with Gasteiger partial charge < -0.3 is 14.0 Å². The van der Waals surface area contributed by atoms with Crippen molar-refractivity contribution in [2.75, 3.05) is 6.61 Å². The molecule has 0 radical (unpaired) electrons. The SMILES string of the molecule is O=C1COc2cc(OCc3ccno3)ccc21. The number of hydrogen-bond acceptors (Lipinski definition) is 5. The molecule has 2 aromatic rings. The zero-order valence-electron chi connectivity index (χ0n) is 8.88. The van der Waals surface area contributed by atoms with Gasteiger partial charge in [0.1, 0.15) is 18.1 Å². The van der Waals surface area contributed by atoms with Crippen LogP contribution in [0.1, 0.15) is 16.1 Å². The molecule has 0 amide bonds. The highest BCUT2D eigenvalue weighted by Crippen LogP contribution is 2.29. The Labute approximate surface area is 96.9 Å². The maximum absolute atomic E-state index is 11.3. The van der Waals surface area contributed by atoms with E-state index in [1.165, 1.54) is 0 Å². The van der Waals surface area contributed by atoms with Gasteiger partial charge in [0.25, 0.3) is 0 Å². The molecule has 1 aromatic heterocycles. The van der Waals surface area contributed by atoms with E-state index in [1.807, 2.05) is 0 Å². The Morgan fingerprint density at radius 1 is 1.35 bits per heavy atom. The van der Waals surface area contributed by atoms with Crippen LogP contribution < -0.4 is 9.47 Å². The first-order valence-corrected chi connectivity index (χ1v) is 5.15. The van der Waals surface area contributed by atoms with Gasteiger partial charge in [-0.3, -0.25) is 4.79 Å². The van der Waals surface area contributed by atoms with E-state index in [0.717, 1.165) is 0 Å². The maximum atomic E-state index is 11.3. The van der Waals surface area contributed by atoms with Crippen LogP contribution in [0.3, 0.4) is 0 Å². The minimum absolute atomic E-state index is 0.00165. The molecule has 0 saturated heterocycles. The number of carbonyl (C=O) groups excluding carboxylic acids is 1. The third kappa shape index (κ3) is 1.87. The van der Waals surface area contributed by atoms with Crippen molar-refractivity contribution in [2.24, 2.45) is 0 Å². The molecule has 0 spiro atoms. The Morgan fingerprint density at radius 3 is 3.12 bits per heavy atom. The predicted molar refractivity (Wildman–Crippen MR) is 57.1 cm³/mol. The highest BCUT2D eigenvalue weighted by Gasteiger charge is 2.21. The van der Waals surface area contributed by atoms with Crippen molar-refractivity contribution < 1.29 is 18.8 Å². The second-order valence-corrected chi connectivity index (χ2v) is 3.64. The Morgan fingerprint density at radius 2 is 2.29 bits per heavy atom. The highest BCUT2D eigenvalue weighted by atomic mass is 16.5. The van der Waals surface area contributed by atoms with E-state index < -0.39 is 0 Å². The summed E-state index contributed by atoms with van der Waals surface area (Å²) in [7, 11) is 0. The van der Waals surface area contributed by atoms with Crippen LogP contribution >= 0.6 is 0 Å². The molecule has 17 heavy (non-hydrogen) atoms. The molecule has 0 aliphatic carbocycles. The smallest absolute Gasteiger partial charge is 0.203 e. The molecule has 1 aliphatic rings. The van der Waals surface area contributed by atoms with Crippen LogP contribution in [0.5, 0.6) is 11.5 Å². The van der Waals surface area contributed by atoms with Crippen LogP contribution in [0.2, 0.25) is 0 Å². The lowest BCUT2D eigenvalue weighted by Crippen LogP contribution is -1.98. The monoisotopic (exact) mass is 231 g/mol. The summed E-state index contributed by atoms with van der Waals surface area (Å²) in [6, 6.07) is 6.88. The number of ether oxygens (including phenoxy) is 2. The zero-order chi connectivity index (χ0) is 11.7. The molecule has 0 fully saturated rings. The second kappa shape index (κ2) is 3.93. The van der Waals surface area contributed by atoms with Gasteiger partial charge in [0.05, 0.1) is 11.8 Å². The quantitative estimate of drug-likeness (QED) is 0.806. The first kappa shape index (κ1) is 9.89. The van der Waals surface area contributed by atoms with E-state index in [0.29, 0.717) is 29.4 Å². The standard InChI is InChI=1S/C12H9NO4/c14-11-7-16-12-5-8(1-2-10(11)12)15-6-9-3-4-13-17-9/h1-5H,6-7H2. The van der Waals surface area contributed by atoms with Crippen LogP contribution in [-0.2, 0) is 6.61 Å². The summed E-state index contributed by atoms with van der Waals surface area (Å²) < 4.78 is 15.6. The molecule has 2 heterocycles. The van der Waals surface area contributed by atoms with Crippen molar-refractivity contribution in [1.82, 2.24) is 5.16 Å². The lowest BCUT2D eigenvalue weighted by molar-refractivity contribution is 0.0961. The number of ketones is 1. The van der Waals surface area contributed by atoms with E-state index in [1.54, 1.807) is 30.5 Å². The first-order valence-electron chi connectivity index (χ1n) is 5.15. The number of benzene rings is 1. The van der Waals surface area contributed by atoms with Crippen molar-refractivity contribution in [3.05, 3.63) is 41.8 Å². The van der Waals surface area contributed by atoms with Gasteiger partial charge in [-0.05, 0) is 12.1 Å². The maximum Gasteiger partial charge on any atom is 0.203 e. The number of rotatable bonds is 3. The van der Waals surface area contributed by atoms with Crippen LogP contribution in [0.15, 0.2) is 35.0 Å². The summed E-state index contributed by atoms with van der Waals surface area (Å²) in [5, 5.41) is 3.58. The van der Waals surface area contributed by atoms with Gasteiger partial charge in [-0.1, -0.05) is 5.16 Å². The van der Waals surface area contributed by atoms with Gasteiger partial charge >= 0.3 is 0 Å². The summed E-state index contributed by atoms with van der Waals surface area (Å²) >= 11 is 0. The average Bonchev–Trinajstić information content (AvgIpc) is 2.97. The molecule has 86 valence electrons. The summed E-state index contributed by atoms with van der Waals surface area (Å²) in [5.41, 5.74) is 0.608. The highest BCUT2D eigenvalue weighted by molar-refractivity contribution is 6.02. The molecule has 5 nitrogen and oxygen atoms in total. The lowest BCUT2D eigenvalue weighted by atomic mass is 10.1. The number of hydrogen-bond donors (Lipinski definition) is 0. The van der Waals surface area contributed by atoms with Gasteiger partial charge in [-0.15, -0.1) is 0 Å². The molecule has 1 aliphatic heterocycles. The fourth-order valence-electron chi connectivity index (χ4n) is 1.63. The van der Waals surface area contributed by atoms with E-state index in [2.05, 4.69) is 5.16 Å². The average molecular weight is 231 g/mol. The molecule has 5 heteroatoms. The largest absolute Gasteiger partial charge is 0.485 e. The van der Waals surface area contributed by atoms with Crippen molar-refractivity contribution in [3.8, 4) is 11.5 Å². The third-order valence-electron chi connectivity index (χ3n) is 2.48. The van der Waals surface area contributed by atoms with Gasteiger partial charge in [0, 0.05) is 12.1 Å². The van der Waals surface area contributed by atoms with E-state index in [9.17, 15) is 4.79 Å². The molecule has 0 N–H and O–H groups in total. The van der Waals surface area contributed by atoms with Crippen molar-refractivity contribution in [2.45, 2.75) is 6.61 Å². The normalized spacial score (nSPS) is 13.3. The Kier molecular flexibility index (Phi) is 2.29. The van der Waals surface area contributed by atoms with E-state index in [-0.39, 0.29) is 12.4 Å². The van der Waals surface area contributed by atoms with Crippen molar-refractivity contribution in [1.29, 1.82) is 0 Å². The minimum Gasteiger partial charge on any atom is -0.485 e. The number of carbonyl (C=O) groups is 1. The molecule has 0 saturated carbocycles. The van der Waals surface area contributed by atoms with Crippen LogP contribution in [0.4, 0.5) is 0 Å². The fraction of sp³-hybridized carbons (Fsp3) is 0.167. The summed E-state index contributed by atoms with van der Waals surface area (Å²) in [4.78, 5) is 11.3. The van der Waals surface area contributed by atoms with Gasteiger partial charge in [0.15, 0.2) is 12.4 Å². The summed E-state index contributed by atoms with van der Waals surface area (Å²) in [5.74, 6) is 1.85. The lowest BCUT2D eigenvalue weighted by Gasteiger charge is -2.05. The number of Topliss-reactive ketones (excluding diaryl/α,β-unsaturated/α-hetero) is 1. The Hall–Kier alpha value is -2.30. The van der Waals surface area contributed by atoms with E-state index >= 15 is 0 Å². The zero-order valence-corrected chi connectivity index (χ0v) is 8.88. The molecule has 0 atom stereocenters. The minimum atomic E-state index is 0.00165.